The molecule has 0 spiro atoms. The average molecular weight is 318 g/mol. The fourth-order valence-electron chi connectivity index (χ4n) is 2.40. The fourth-order valence-corrected chi connectivity index (χ4v) is 2.93. The van der Waals surface area contributed by atoms with E-state index < -0.39 is 0 Å². The molecule has 0 N–H and O–H groups in total. The lowest BCUT2D eigenvalue weighted by Crippen LogP contribution is -2.15. The SMILES string of the molecule is Brc1cccc2c1CN(Cc1ccccc1)C2.CC. The van der Waals surface area contributed by atoms with Crippen molar-refractivity contribution in [3.8, 4) is 0 Å². The van der Waals surface area contributed by atoms with Crippen LogP contribution in [0.1, 0.15) is 30.5 Å². The van der Waals surface area contributed by atoms with Crippen LogP contribution in [-0.4, -0.2) is 4.90 Å². The molecule has 0 aromatic heterocycles. The Morgan fingerprint density at radius 2 is 1.68 bits per heavy atom. The fraction of sp³-hybridized carbons (Fsp3) is 0.294. The predicted octanol–water partition coefficient (Wildman–Crippen LogP) is 4.99. The van der Waals surface area contributed by atoms with E-state index in [2.05, 4.69) is 69.4 Å². The van der Waals surface area contributed by atoms with Gasteiger partial charge in [0.25, 0.3) is 0 Å². The number of hydrogen-bond acceptors (Lipinski definition) is 1. The number of halogens is 1. The maximum absolute atomic E-state index is 3.63. The van der Waals surface area contributed by atoms with Gasteiger partial charge in [0.1, 0.15) is 0 Å². The molecule has 0 radical (unpaired) electrons. The minimum Gasteiger partial charge on any atom is -0.291 e. The van der Waals surface area contributed by atoms with E-state index in [1.807, 2.05) is 13.8 Å². The highest BCUT2D eigenvalue weighted by Crippen LogP contribution is 2.30. The van der Waals surface area contributed by atoms with Crippen LogP contribution in [0.4, 0.5) is 0 Å². The van der Waals surface area contributed by atoms with Crippen molar-refractivity contribution in [1.29, 1.82) is 0 Å². The molecule has 3 rings (SSSR count). The third kappa shape index (κ3) is 3.46. The van der Waals surface area contributed by atoms with Crippen molar-refractivity contribution < 1.29 is 0 Å². The predicted molar refractivity (Wildman–Crippen MR) is 84.9 cm³/mol. The third-order valence-corrected chi connectivity index (χ3v) is 3.98. The van der Waals surface area contributed by atoms with Crippen molar-refractivity contribution in [2.24, 2.45) is 0 Å². The molecule has 19 heavy (non-hydrogen) atoms. The van der Waals surface area contributed by atoms with Gasteiger partial charge in [-0.1, -0.05) is 72.2 Å². The summed E-state index contributed by atoms with van der Waals surface area (Å²) in [6.45, 7) is 7.14. The molecule has 2 aromatic rings. The number of benzene rings is 2. The standard InChI is InChI=1S/C15H14BrN.C2H6/c16-15-8-4-7-13-10-17(11-14(13)15)9-12-5-2-1-3-6-12;1-2/h1-8H,9-11H2;1-2H3. The molecule has 100 valence electrons. The normalized spacial score (nSPS) is 13.6. The monoisotopic (exact) mass is 317 g/mol. The van der Waals surface area contributed by atoms with Crippen molar-refractivity contribution in [1.82, 2.24) is 4.90 Å². The van der Waals surface area contributed by atoms with Gasteiger partial charge in [0.2, 0.25) is 0 Å². The molecule has 0 fully saturated rings. The Kier molecular flexibility index (Phi) is 5.17. The van der Waals surface area contributed by atoms with Crippen molar-refractivity contribution >= 4 is 15.9 Å². The molecule has 0 bridgehead atoms. The molecular formula is C17H20BrN. The minimum atomic E-state index is 1.03. The molecule has 0 saturated heterocycles. The highest BCUT2D eigenvalue weighted by molar-refractivity contribution is 9.10. The summed E-state index contributed by atoms with van der Waals surface area (Å²) >= 11 is 3.63. The maximum Gasteiger partial charge on any atom is 0.0255 e. The Morgan fingerprint density at radius 1 is 0.947 bits per heavy atom. The number of nitrogens with zero attached hydrogens (tertiary/aromatic N) is 1. The highest BCUT2D eigenvalue weighted by atomic mass is 79.9. The zero-order valence-electron chi connectivity index (χ0n) is 11.6. The van der Waals surface area contributed by atoms with Crippen molar-refractivity contribution in [2.75, 3.05) is 0 Å². The van der Waals surface area contributed by atoms with Gasteiger partial charge in [-0.25, -0.2) is 0 Å². The molecular weight excluding hydrogens is 298 g/mol. The Morgan fingerprint density at radius 3 is 2.37 bits per heavy atom. The van der Waals surface area contributed by atoms with Crippen LogP contribution in [0.2, 0.25) is 0 Å². The van der Waals surface area contributed by atoms with Crippen LogP contribution in [0.15, 0.2) is 53.0 Å². The van der Waals surface area contributed by atoms with Gasteiger partial charge >= 0.3 is 0 Å². The maximum atomic E-state index is 3.63. The zero-order valence-corrected chi connectivity index (χ0v) is 13.2. The van der Waals surface area contributed by atoms with Crippen LogP contribution >= 0.6 is 15.9 Å². The van der Waals surface area contributed by atoms with E-state index in [1.54, 1.807) is 0 Å². The van der Waals surface area contributed by atoms with Crippen molar-refractivity contribution in [3.63, 3.8) is 0 Å². The van der Waals surface area contributed by atoms with Crippen LogP contribution in [0, 0.1) is 0 Å². The third-order valence-electron chi connectivity index (χ3n) is 3.24. The summed E-state index contributed by atoms with van der Waals surface area (Å²) in [7, 11) is 0. The van der Waals surface area contributed by atoms with Gasteiger partial charge in [0.05, 0.1) is 0 Å². The van der Waals surface area contributed by atoms with Gasteiger partial charge in [-0.05, 0) is 22.8 Å². The largest absolute Gasteiger partial charge is 0.291 e. The summed E-state index contributed by atoms with van der Waals surface area (Å²) in [5, 5.41) is 0. The molecule has 0 saturated carbocycles. The smallest absolute Gasteiger partial charge is 0.0255 e. The van der Waals surface area contributed by atoms with Gasteiger partial charge in [-0.3, -0.25) is 4.90 Å². The lowest BCUT2D eigenvalue weighted by Gasteiger charge is -2.14. The first-order chi connectivity index (χ1) is 9.33. The Bertz CT molecular complexity index is 522. The second-order valence-corrected chi connectivity index (χ2v) is 5.36. The van der Waals surface area contributed by atoms with Crippen molar-refractivity contribution in [2.45, 2.75) is 33.5 Å². The summed E-state index contributed by atoms with van der Waals surface area (Å²) in [6, 6.07) is 17.1. The van der Waals surface area contributed by atoms with Crippen LogP contribution in [0.3, 0.4) is 0 Å². The Hall–Kier alpha value is -1.12. The topological polar surface area (TPSA) is 3.24 Å². The quantitative estimate of drug-likeness (QED) is 0.754. The lowest BCUT2D eigenvalue weighted by atomic mass is 10.1. The average Bonchev–Trinajstić information content (AvgIpc) is 2.86. The van der Waals surface area contributed by atoms with Crippen LogP contribution in [0.25, 0.3) is 0 Å². The summed E-state index contributed by atoms with van der Waals surface area (Å²) in [4.78, 5) is 2.48. The van der Waals surface area contributed by atoms with Crippen molar-refractivity contribution in [3.05, 3.63) is 69.7 Å². The van der Waals surface area contributed by atoms with E-state index in [0.717, 1.165) is 19.6 Å². The first kappa shape index (κ1) is 14.3. The second-order valence-electron chi connectivity index (χ2n) is 4.51. The molecule has 1 aliphatic rings. The van der Waals surface area contributed by atoms with E-state index in [0.29, 0.717) is 0 Å². The van der Waals surface area contributed by atoms with Crippen LogP contribution < -0.4 is 0 Å². The van der Waals surface area contributed by atoms with Gasteiger partial charge in [0.15, 0.2) is 0 Å². The minimum absolute atomic E-state index is 1.03. The molecule has 1 heterocycles. The van der Waals surface area contributed by atoms with Gasteiger partial charge < -0.3 is 0 Å². The Balaban J connectivity index is 0.000000637. The van der Waals surface area contributed by atoms with E-state index >= 15 is 0 Å². The van der Waals surface area contributed by atoms with E-state index in [1.165, 1.54) is 21.2 Å². The first-order valence-electron chi connectivity index (χ1n) is 6.85. The Labute approximate surface area is 124 Å². The van der Waals surface area contributed by atoms with Gasteiger partial charge in [-0.15, -0.1) is 0 Å². The number of rotatable bonds is 2. The molecule has 2 aromatic carbocycles. The van der Waals surface area contributed by atoms with E-state index in [-0.39, 0.29) is 0 Å². The summed E-state index contributed by atoms with van der Waals surface area (Å²) in [5.74, 6) is 0. The van der Waals surface area contributed by atoms with E-state index in [9.17, 15) is 0 Å². The molecule has 2 heteroatoms. The molecule has 1 aliphatic heterocycles. The molecule has 0 aliphatic carbocycles. The zero-order chi connectivity index (χ0) is 13.7. The summed E-state index contributed by atoms with van der Waals surface area (Å²) < 4.78 is 1.24. The summed E-state index contributed by atoms with van der Waals surface area (Å²) in [5.41, 5.74) is 4.29. The number of hydrogen-bond donors (Lipinski definition) is 0. The highest BCUT2D eigenvalue weighted by Gasteiger charge is 2.20. The second kappa shape index (κ2) is 6.88. The van der Waals surface area contributed by atoms with Gasteiger partial charge in [0, 0.05) is 24.1 Å². The first-order valence-corrected chi connectivity index (χ1v) is 7.65. The van der Waals surface area contributed by atoms with Gasteiger partial charge in [-0.2, -0.15) is 0 Å². The number of fused-ring (bicyclic) bond motifs is 1. The van der Waals surface area contributed by atoms with Crippen LogP contribution in [0.5, 0.6) is 0 Å². The molecule has 1 nitrogen and oxygen atoms in total. The molecule has 0 unspecified atom stereocenters. The summed E-state index contributed by atoms with van der Waals surface area (Å²) in [6.07, 6.45) is 0. The lowest BCUT2D eigenvalue weighted by molar-refractivity contribution is 0.275. The van der Waals surface area contributed by atoms with Crippen LogP contribution in [-0.2, 0) is 19.6 Å². The molecule has 0 amide bonds. The molecule has 0 atom stereocenters. The van der Waals surface area contributed by atoms with E-state index in [4.69, 9.17) is 0 Å².